The number of aromatic nitrogens is 2. The molecule has 26 heavy (non-hydrogen) atoms. The SMILES string of the molecule is CN1CCCCCC1C(=O)N1CCc2[nH]nc(-c3ccccc3)c2CC1. The fourth-order valence-corrected chi connectivity index (χ4v) is 4.31. The van der Waals surface area contributed by atoms with Crippen molar-refractivity contribution in [3.63, 3.8) is 0 Å². The van der Waals surface area contributed by atoms with Crippen molar-refractivity contribution in [3.05, 3.63) is 41.6 Å². The van der Waals surface area contributed by atoms with E-state index >= 15 is 0 Å². The van der Waals surface area contributed by atoms with Gasteiger partial charge in [0.1, 0.15) is 0 Å². The summed E-state index contributed by atoms with van der Waals surface area (Å²) in [7, 11) is 2.10. The Morgan fingerprint density at radius 2 is 1.88 bits per heavy atom. The molecule has 3 heterocycles. The van der Waals surface area contributed by atoms with Gasteiger partial charge in [0.25, 0.3) is 0 Å². The maximum Gasteiger partial charge on any atom is 0.239 e. The molecular weight excluding hydrogens is 324 g/mol. The first-order valence-electron chi connectivity index (χ1n) is 9.84. The molecule has 1 atom stereocenters. The van der Waals surface area contributed by atoms with E-state index in [2.05, 4.69) is 39.2 Å². The standard InChI is InChI=1S/C21H28N4O/c1-24-13-7-3-6-10-19(24)21(26)25-14-11-17-18(12-15-25)22-23-20(17)16-8-4-2-5-9-16/h2,4-5,8-9,19H,3,6-7,10-15H2,1H3,(H,22,23). The van der Waals surface area contributed by atoms with Crippen LogP contribution in [0.15, 0.2) is 30.3 Å². The number of aromatic amines is 1. The van der Waals surface area contributed by atoms with Crippen LogP contribution in [0.4, 0.5) is 0 Å². The molecule has 2 aliphatic heterocycles. The first kappa shape index (κ1) is 17.3. The predicted molar refractivity (Wildman–Crippen MR) is 103 cm³/mol. The zero-order chi connectivity index (χ0) is 17.9. The fraction of sp³-hybridized carbons (Fsp3) is 0.524. The molecule has 138 valence electrons. The highest BCUT2D eigenvalue weighted by atomic mass is 16.2. The van der Waals surface area contributed by atoms with Crippen molar-refractivity contribution < 1.29 is 4.79 Å². The number of benzene rings is 1. The molecule has 1 unspecified atom stereocenters. The minimum Gasteiger partial charge on any atom is -0.341 e. The Hall–Kier alpha value is -2.14. The first-order valence-corrected chi connectivity index (χ1v) is 9.84. The van der Waals surface area contributed by atoms with Crippen molar-refractivity contribution in [2.75, 3.05) is 26.7 Å². The van der Waals surface area contributed by atoms with Crippen molar-refractivity contribution in [3.8, 4) is 11.3 Å². The number of fused-ring (bicyclic) bond motifs is 1. The van der Waals surface area contributed by atoms with Crippen LogP contribution in [0.3, 0.4) is 0 Å². The van der Waals surface area contributed by atoms with Crippen molar-refractivity contribution in [2.45, 2.75) is 44.6 Å². The van der Waals surface area contributed by atoms with Gasteiger partial charge in [0.15, 0.2) is 0 Å². The largest absolute Gasteiger partial charge is 0.341 e. The lowest BCUT2D eigenvalue weighted by molar-refractivity contribution is -0.136. The Morgan fingerprint density at radius 1 is 1.08 bits per heavy atom. The number of amides is 1. The van der Waals surface area contributed by atoms with Crippen LogP contribution in [0, 0.1) is 0 Å². The lowest BCUT2D eigenvalue weighted by Gasteiger charge is -2.30. The zero-order valence-electron chi connectivity index (χ0n) is 15.6. The molecule has 5 heteroatoms. The maximum absolute atomic E-state index is 13.2. The van der Waals surface area contributed by atoms with Crippen LogP contribution in [0.2, 0.25) is 0 Å². The quantitative estimate of drug-likeness (QED) is 0.904. The van der Waals surface area contributed by atoms with Gasteiger partial charge < -0.3 is 4.90 Å². The van der Waals surface area contributed by atoms with E-state index in [1.54, 1.807) is 0 Å². The molecule has 0 radical (unpaired) electrons. The average Bonchev–Trinajstić information content (AvgIpc) is 2.82. The number of hydrogen-bond acceptors (Lipinski definition) is 3. The second kappa shape index (κ2) is 7.62. The summed E-state index contributed by atoms with van der Waals surface area (Å²) in [5, 5.41) is 7.78. The average molecular weight is 352 g/mol. The van der Waals surface area contributed by atoms with Gasteiger partial charge in [0.05, 0.1) is 11.7 Å². The molecule has 1 saturated heterocycles. The number of likely N-dealkylation sites (N-methyl/N-ethyl adjacent to an activating group) is 1. The monoisotopic (exact) mass is 352 g/mol. The fourth-order valence-electron chi connectivity index (χ4n) is 4.31. The third-order valence-electron chi connectivity index (χ3n) is 5.88. The van der Waals surface area contributed by atoms with Crippen LogP contribution in [-0.4, -0.2) is 58.6 Å². The third kappa shape index (κ3) is 3.40. The lowest BCUT2D eigenvalue weighted by Crippen LogP contribution is -2.47. The molecule has 1 amide bonds. The predicted octanol–water partition coefficient (Wildman–Crippen LogP) is 2.88. The Kier molecular flexibility index (Phi) is 5.07. The van der Waals surface area contributed by atoms with Crippen LogP contribution in [0.5, 0.6) is 0 Å². The van der Waals surface area contributed by atoms with E-state index in [1.165, 1.54) is 24.1 Å². The second-order valence-corrected chi connectivity index (χ2v) is 7.57. The van der Waals surface area contributed by atoms with Gasteiger partial charge in [0, 0.05) is 36.3 Å². The summed E-state index contributed by atoms with van der Waals surface area (Å²) < 4.78 is 0. The number of H-pyrrole nitrogens is 1. The minimum atomic E-state index is 0.0562. The van der Waals surface area contributed by atoms with E-state index in [0.29, 0.717) is 5.91 Å². The molecule has 0 aliphatic carbocycles. The molecule has 1 fully saturated rings. The minimum absolute atomic E-state index is 0.0562. The van der Waals surface area contributed by atoms with Crippen LogP contribution >= 0.6 is 0 Å². The smallest absolute Gasteiger partial charge is 0.239 e. The molecule has 1 aromatic heterocycles. The van der Waals surface area contributed by atoms with Gasteiger partial charge in [-0.1, -0.05) is 43.2 Å². The molecule has 0 spiro atoms. The summed E-state index contributed by atoms with van der Waals surface area (Å²) in [6.07, 6.45) is 6.33. The molecule has 0 bridgehead atoms. The Labute approximate surface area is 155 Å². The van der Waals surface area contributed by atoms with Crippen LogP contribution in [0.25, 0.3) is 11.3 Å². The van der Waals surface area contributed by atoms with Gasteiger partial charge in [-0.3, -0.25) is 14.8 Å². The highest BCUT2D eigenvalue weighted by molar-refractivity contribution is 5.82. The molecule has 2 aromatic rings. The molecule has 1 aromatic carbocycles. The number of carbonyl (C=O) groups excluding carboxylic acids is 1. The Bertz CT molecular complexity index is 755. The zero-order valence-corrected chi connectivity index (χ0v) is 15.6. The summed E-state index contributed by atoms with van der Waals surface area (Å²) in [5.41, 5.74) is 4.66. The van der Waals surface area contributed by atoms with Gasteiger partial charge in [-0.25, -0.2) is 0 Å². The van der Waals surface area contributed by atoms with E-state index in [0.717, 1.165) is 56.6 Å². The number of rotatable bonds is 2. The van der Waals surface area contributed by atoms with Crippen molar-refractivity contribution in [2.24, 2.45) is 0 Å². The van der Waals surface area contributed by atoms with E-state index in [-0.39, 0.29) is 6.04 Å². The summed E-state index contributed by atoms with van der Waals surface area (Å²) >= 11 is 0. The number of likely N-dealkylation sites (tertiary alicyclic amines) is 1. The van der Waals surface area contributed by atoms with Crippen molar-refractivity contribution >= 4 is 5.91 Å². The van der Waals surface area contributed by atoms with Crippen LogP contribution in [0.1, 0.15) is 36.9 Å². The van der Waals surface area contributed by atoms with E-state index < -0.39 is 0 Å². The van der Waals surface area contributed by atoms with Crippen molar-refractivity contribution in [1.82, 2.24) is 20.0 Å². The third-order valence-corrected chi connectivity index (χ3v) is 5.88. The Balaban J connectivity index is 1.50. The molecule has 1 N–H and O–H groups in total. The first-order chi connectivity index (χ1) is 12.7. The van der Waals surface area contributed by atoms with Gasteiger partial charge in [-0.05, 0) is 32.9 Å². The topological polar surface area (TPSA) is 52.2 Å². The highest BCUT2D eigenvalue weighted by Gasteiger charge is 2.30. The normalized spacial score (nSPS) is 21.7. The summed E-state index contributed by atoms with van der Waals surface area (Å²) in [6.45, 7) is 2.60. The van der Waals surface area contributed by atoms with Crippen LogP contribution < -0.4 is 0 Å². The highest BCUT2D eigenvalue weighted by Crippen LogP contribution is 2.27. The van der Waals surface area contributed by atoms with Gasteiger partial charge in [0.2, 0.25) is 5.91 Å². The van der Waals surface area contributed by atoms with E-state index in [4.69, 9.17) is 0 Å². The number of hydrogen-bond donors (Lipinski definition) is 1. The number of carbonyl (C=O) groups is 1. The van der Waals surface area contributed by atoms with Gasteiger partial charge in [-0.2, -0.15) is 5.10 Å². The van der Waals surface area contributed by atoms with Gasteiger partial charge in [-0.15, -0.1) is 0 Å². The number of nitrogens with one attached hydrogen (secondary N) is 1. The maximum atomic E-state index is 13.2. The second-order valence-electron chi connectivity index (χ2n) is 7.57. The lowest BCUT2D eigenvalue weighted by atomic mass is 10.0. The van der Waals surface area contributed by atoms with Crippen molar-refractivity contribution in [1.29, 1.82) is 0 Å². The van der Waals surface area contributed by atoms with Crippen LogP contribution in [-0.2, 0) is 17.6 Å². The summed E-state index contributed by atoms with van der Waals surface area (Å²) in [5.74, 6) is 0.314. The molecular formula is C21H28N4O. The van der Waals surface area contributed by atoms with Gasteiger partial charge >= 0.3 is 0 Å². The molecule has 4 rings (SSSR count). The summed E-state index contributed by atoms with van der Waals surface area (Å²) in [4.78, 5) is 17.5. The summed E-state index contributed by atoms with van der Waals surface area (Å²) in [6, 6.07) is 10.4. The number of nitrogens with zero attached hydrogens (tertiary/aromatic N) is 3. The Morgan fingerprint density at radius 3 is 2.73 bits per heavy atom. The van der Waals surface area contributed by atoms with E-state index in [1.807, 2.05) is 18.2 Å². The molecule has 2 aliphatic rings. The molecule has 5 nitrogen and oxygen atoms in total. The van der Waals surface area contributed by atoms with E-state index in [9.17, 15) is 4.79 Å². The molecule has 0 saturated carbocycles.